The molecule has 1 fully saturated rings. The van der Waals surface area contributed by atoms with Gasteiger partial charge in [-0.25, -0.2) is 0 Å². The Labute approximate surface area is 95.8 Å². The zero-order valence-corrected chi connectivity index (χ0v) is 9.73. The van der Waals surface area contributed by atoms with Crippen LogP contribution in [0, 0.1) is 0 Å². The molecule has 0 heterocycles. The Balaban J connectivity index is 2.17. The first-order valence-electron chi connectivity index (χ1n) is 4.43. The molecule has 2 nitrogen and oxygen atoms in total. The van der Waals surface area contributed by atoms with E-state index < -0.39 is 0 Å². The van der Waals surface area contributed by atoms with Gasteiger partial charge in [-0.05, 0) is 47.0 Å². The Kier molecular flexibility index (Phi) is 2.79. The van der Waals surface area contributed by atoms with Crippen molar-refractivity contribution in [2.24, 2.45) is 0 Å². The van der Waals surface area contributed by atoms with Gasteiger partial charge in [-0.2, -0.15) is 0 Å². The summed E-state index contributed by atoms with van der Waals surface area (Å²) in [7, 11) is 0. The summed E-state index contributed by atoms with van der Waals surface area (Å²) in [5.74, 6) is -0.0314. The quantitative estimate of drug-likeness (QED) is 0.882. The maximum absolute atomic E-state index is 11.6. The van der Waals surface area contributed by atoms with E-state index in [1.54, 1.807) is 18.2 Å². The van der Waals surface area contributed by atoms with Gasteiger partial charge < -0.3 is 5.32 Å². The number of amides is 1. The molecule has 14 heavy (non-hydrogen) atoms. The minimum atomic E-state index is -0.0314. The Bertz CT molecular complexity index is 376. The highest BCUT2D eigenvalue weighted by atomic mass is 79.9. The van der Waals surface area contributed by atoms with Gasteiger partial charge in [0.2, 0.25) is 0 Å². The highest BCUT2D eigenvalue weighted by Gasteiger charge is 2.24. The summed E-state index contributed by atoms with van der Waals surface area (Å²) in [6, 6.07) is 5.55. The van der Waals surface area contributed by atoms with E-state index >= 15 is 0 Å². The lowest BCUT2D eigenvalue weighted by molar-refractivity contribution is 0.0950. The topological polar surface area (TPSA) is 29.1 Å². The summed E-state index contributed by atoms with van der Waals surface area (Å²) >= 11 is 9.09. The van der Waals surface area contributed by atoms with Crippen LogP contribution in [0.15, 0.2) is 22.7 Å². The zero-order chi connectivity index (χ0) is 10.1. The van der Waals surface area contributed by atoms with Gasteiger partial charge in [0, 0.05) is 15.5 Å². The van der Waals surface area contributed by atoms with Crippen LogP contribution in [-0.4, -0.2) is 11.9 Å². The number of benzene rings is 1. The fourth-order valence-corrected chi connectivity index (χ4v) is 2.03. The van der Waals surface area contributed by atoms with Crippen LogP contribution >= 0.6 is 27.5 Å². The highest BCUT2D eigenvalue weighted by molar-refractivity contribution is 9.10. The molecule has 2 rings (SSSR count). The monoisotopic (exact) mass is 273 g/mol. The molecule has 4 heteroatoms. The molecule has 74 valence electrons. The predicted molar refractivity (Wildman–Crippen MR) is 59.6 cm³/mol. The van der Waals surface area contributed by atoms with Gasteiger partial charge in [0.15, 0.2) is 0 Å². The van der Waals surface area contributed by atoms with Crippen molar-refractivity contribution in [3.63, 3.8) is 0 Å². The second-order valence-electron chi connectivity index (χ2n) is 3.37. The molecule has 0 spiro atoms. The van der Waals surface area contributed by atoms with Crippen molar-refractivity contribution in [2.75, 3.05) is 0 Å². The van der Waals surface area contributed by atoms with Crippen molar-refractivity contribution >= 4 is 33.4 Å². The van der Waals surface area contributed by atoms with Gasteiger partial charge in [0.25, 0.3) is 5.91 Å². The lowest BCUT2D eigenvalue weighted by atomic mass is 10.2. The van der Waals surface area contributed by atoms with E-state index in [2.05, 4.69) is 21.2 Å². The SMILES string of the molecule is O=C(NC1CC1)c1ccc(Cl)cc1Br. The first-order chi connectivity index (χ1) is 6.66. The van der Waals surface area contributed by atoms with Crippen molar-refractivity contribution in [1.82, 2.24) is 5.32 Å². The largest absolute Gasteiger partial charge is 0.349 e. The molecule has 1 aliphatic rings. The van der Waals surface area contributed by atoms with Gasteiger partial charge in [0.05, 0.1) is 5.56 Å². The third-order valence-corrected chi connectivity index (χ3v) is 2.98. The summed E-state index contributed by atoms with van der Waals surface area (Å²) in [6.07, 6.45) is 2.19. The predicted octanol–water partition coefficient (Wildman–Crippen LogP) is 2.99. The van der Waals surface area contributed by atoms with Crippen LogP contribution in [0.1, 0.15) is 23.2 Å². The number of halogens is 2. The third-order valence-electron chi connectivity index (χ3n) is 2.09. The molecular weight excluding hydrogens is 265 g/mol. The van der Waals surface area contributed by atoms with E-state index in [4.69, 9.17) is 11.6 Å². The van der Waals surface area contributed by atoms with Crippen molar-refractivity contribution in [3.05, 3.63) is 33.3 Å². The van der Waals surface area contributed by atoms with E-state index in [0.29, 0.717) is 16.6 Å². The number of hydrogen-bond acceptors (Lipinski definition) is 1. The Morgan fingerprint density at radius 3 is 2.79 bits per heavy atom. The lowest BCUT2D eigenvalue weighted by Gasteiger charge is -2.05. The normalized spacial score (nSPS) is 15.3. The van der Waals surface area contributed by atoms with E-state index in [-0.39, 0.29) is 5.91 Å². The third kappa shape index (κ3) is 2.28. The van der Waals surface area contributed by atoms with Gasteiger partial charge >= 0.3 is 0 Å². The van der Waals surface area contributed by atoms with Crippen LogP contribution in [-0.2, 0) is 0 Å². The van der Waals surface area contributed by atoms with Gasteiger partial charge in [-0.1, -0.05) is 11.6 Å². The summed E-state index contributed by atoms with van der Waals surface area (Å²) in [5, 5.41) is 3.54. The van der Waals surface area contributed by atoms with Crippen molar-refractivity contribution < 1.29 is 4.79 Å². The summed E-state index contributed by atoms with van der Waals surface area (Å²) in [4.78, 5) is 11.6. The molecule has 0 radical (unpaired) electrons. The van der Waals surface area contributed by atoms with Crippen molar-refractivity contribution in [3.8, 4) is 0 Å². The summed E-state index contributed by atoms with van der Waals surface area (Å²) in [5.41, 5.74) is 0.640. The van der Waals surface area contributed by atoms with Gasteiger partial charge in [-0.15, -0.1) is 0 Å². The summed E-state index contributed by atoms with van der Waals surface area (Å²) < 4.78 is 0.739. The van der Waals surface area contributed by atoms with Crippen molar-refractivity contribution in [1.29, 1.82) is 0 Å². The molecule has 1 aliphatic carbocycles. The smallest absolute Gasteiger partial charge is 0.252 e. The number of rotatable bonds is 2. The maximum Gasteiger partial charge on any atom is 0.252 e. The number of carbonyl (C=O) groups is 1. The Morgan fingerprint density at radius 2 is 2.21 bits per heavy atom. The van der Waals surface area contributed by atoms with E-state index in [0.717, 1.165) is 17.3 Å². The average Bonchev–Trinajstić information content (AvgIpc) is 2.87. The maximum atomic E-state index is 11.6. The molecule has 0 aromatic heterocycles. The minimum Gasteiger partial charge on any atom is -0.349 e. The molecule has 1 amide bonds. The molecule has 1 saturated carbocycles. The fourth-order valence-electron chi connectivity index (χ4n) is 1.16. The second kappa shape index (κ2) is 3.91. The van der Waals surface area contributed by atoms with Crippen molar-refractivity contribution in [2.45, 2.75) is 18.9 Å². The van der Waals surface area contributed by atoms with E-state index in [1.165, 1.54) is 0 Å². The molecule has 0 atom stereocenters. The number of hydrogen-bond donors (Lipinski definition) is 1. The van der Waals surface area contributed by atoms with Crippen LogP contribution in [0.3, 0.4) is 0 Å². The molecule has 1 N–H and O–H groups in total. The first-order valence-corrected chi connectivity index (χ1v) is 5.60. The Hall–Kier alpha value is -0.540. The molecular formula is C10H9BrClNO. The minimum absolute atomic E-state index is 0.0314. The number of nitrogens with one attached hydrogen (secondary N) is 1. The molecule has 0 saturated heterocycles. The van der Waals surface area contributed by atoms with E-state index in [1.807, 2.05) is 0 Å². The van der Waals surface area contributed by atoms with Crippen LogP contribution in [0.5, 0.6) is 0 Å². The molecule has 0 aliphatic heterocycles. The van der Waals surface area contributed by atoms with E-state index in [9.17, 15) is 4.79 Å². The van der Waals surface area contributed by atoms with Crippen LogP contribution in [0.4, 0.5) is 0 Å². The Morgan fingerprint density at radius 1 is 1.50 bits per heavy atom. The van der Waals surface area contributed by atoms with Gasteiger partial charge in [-0.3, -0.25) is 4.79 Å². The second-order valence-corrected chi connectivity index (χ2v) is 4.66. The molecule has 1 aromatic rings. The highest BCUT2D eigenvalue weighted by Crippen LogP contribution is 2.24. The molecule has 0 bridgehead atoms. The zero-order valence-electron chi connectivity index (χ0n) is 7.39. The lowest BCUT2D eigenvalue weighted by Crippen LogP contribution is -2.25. The number of carbonyl (C=O) groups excluding carboxylic acids is 1. The molecule has 0 unspecified atom stereocenters. The molecule has 1 aromatic carbocycles. The van der Waals surface area contributed by atoms with Gasteiger partial charge in [0.1, 0.15) is 0 Å². The standard InChI is InChI=1S/C10H9BrClNO/c11-9-5-6(12)1-4-8(9)10(14)13-7-2-3-7/h1,4-5,7H,2-3H2,(H,13,14). The van der Waals surface area contributed by atoms with Crippen LogP contribution < -0.4 is 5.32 Å². The van der Waals surface area contributed by atoms with Crippen LogP contribution in [0.2, 0.25) is 5.02 Å². The fraction of sp³-hybridized carbons (Fsp3) is 0.300. The first kappa shape index (κ1) is 9.99. The summed E-state index contributed by atoms with van der Waals surface area (Å²) in [6.45, 7) is 0. The van der Waals surface area contributed by atoms with Crippen LogP contribution in [0.25, 0.3) is 0 Å². The average molecular weight is 275 g/mol.